The predicted molar refractivity (Wildman–Crippen MR) is 117 cm³/mol. The number of amides is 1. The molecule has 0 saturated heterocycles. The first-order chi connectivity index (χ1) is 14.5. The van der Waals surface area contributed by atoms with E-state index in [1.807, 2.05) is 0 Å². The average Bonchev–Trinajstić information content (AvgIpc) is 3.09. The highest BCUT2D eigenvalue weighted by Gasteiger charge is 2.20. The Morgan fingerprint density at radius 1 is 1.13 bits per heavy atom. The van der Waals surface area contributed by atoms with Crippen LogP contribution >= 0.6 is 11.3 Å². The average molecular weight is 423 g/mol. The van der Waals surface area contributed by atoms with Crippen molar-refractivity contribution in [3.05, 3.63) is 65.0 Å². The summed E-state index contributed by atoms with van der Waals surface area (Å²) in [7, 11) is 1.57. The van der Waals surface area contributed by atoms with Gasteiger partial charge in [-0.1, -0.05) is 0 Å². The predicted octanol–water partition coefficient (Wildman–Crippen LogP) is 4.73. The van der Waals surface area contributed by atoms with E-state index in [2.05, 4.69) is 20.6 Å². The Morgan fingerprint density at radius 3 is 2.57 bits per heavy atom. The van der Waals surface area contributed by atoms with E-state index < -0.39 is 0 Å². The minimum Gasteiger partial charge on any atom is -0.497 e. The number of nitrogens with zero attached hydrogens (tertiary/aromatic N) is 2. The number of benzene rings is 2. The molecule has 152 valence electrons. The van der Waals surface area contributed by atoms with Gasteiger partial charge in [0.1, 0.15) is 33.4 Å². The zero-order chi connectivity index (χ0) is 21.3. The van der Waals surface area contributed by atoms with Crippen molar-refractivity contribution in [2.45, 2.75) is 6.92 Å². The van der Waals surface area contributed by atoms with Crippen molar-refractivity contribution in [1.82, 2.24) is 9.97 Å². The number of fused-ring (bicyclic) bond motifs is 1. The Hall–Kier alpha value is -3.72. The van der Waals surface area contributed by atoms with Gasteiger partial charge in [0.2, 0.25) is 0 Å². The van der Waals surface area contributed by atoms with E-state index in [-0.39, 0.29) is 17.4 Å². The molecule has 4 N–H and O–H groups in total. The molecule has 1 amide bonds. The van der Waals surface area contributed by atoms with E-state index in [0.29, 0.717) is 43.6 Å². The van der Waals surface area contributed by atoms with Gasteiger partial charge in [0.05, 0.1) is 18.2 Å². The number of carbonyl (C=O) groups is 1. The van der Waals surface area contributed by atoms with Crippen LogP contribution in [0.2, 0.25) is 0 Å². The van der Waals surface area contributed by atoms with Crippen LogP contribution < -0.4 is 21.1 Å². The van der Waals surface area contributed by atoms with Crippen molar-refractivity contribution in [3.63, 3.8) is 0 Å². The number of nitrogens with one attached hydrogen (secondary N) is 2. The van der Waals surface area contributed by atoms with Gasteiger partial charge in [-0.05, 0) is 55.0 Å². The van der Waals surface area contributed by atoms with E-state index in [9.17, 15) is 9.18 Å². The molecule has 0 aliphatic carbocycles. The fourth-order valence-corrected chi connectivity index (χ4v) is 3.90. The summed E-state index contributed by atoms with van der Waals surface area (Å²) in [6.45, 7) is 1.68. The maximum absolute atomic E-state index is 13.5. The summed E-state index contributed by atoms with van der Waals surface area (Å²) in [6, 6.07) is 11.6. The molecule has 0 saturated carbocycles. The molecule has 0 fully saturated rings. The first-order valence-electron chi connectivity index (χ1n) is 8.98. The van der Waals surface area contributed by atoms with Crippen molar-refractivity contribution in [2.75, 3.05) is 23.5 Å². The highest BCUT2D eigenvalue weighted by Crippen LogP contribution is 2.37. The van der Waals surface area contributed by atoms with Gasteiger partial charge in [0.15, 0.2) is 0 Å². The van der Waals surface area contributed by atoms with Crippen LogP contribution in [-0.4, -0.2) is 23.0 Å². The third-order valence-electron chi connectivity index (χ3n) is 4.50. The second-order valence-electron chi connectivity index (χ2n) is 6.52. The SMILES string of the molecule is COc1ccc(NC(=O)c2sc3ncnc(Nc4ccc(F)c(C)c4)c3c2N)cc1. The number of aryl methyl sites for hydroxylation is 1. The molecule has 0 bridgehead atoms. The summed E-state index contributed by atoms with van der Waals surface area (Å²) in [5, 5.41) is 6.50. The lowest BCUT2D eigenvalue weighted by molar-refractivity contribution is 0.103. The van der Waals surface area contributed by atoms with E-state index in [4.69, 9.17) is 10.5 Å². The Morgan fingerprint density at radius 2 is 1.87 bits per heavy atom. The number of rotatable bonds is 5. The summed E-state index contributed by atoms with van der Waals surface area (Å²) in [6.07, 6.45) is 1.39. The zero-order valence-electron chi connectivity index (χ0n) is 16.2. The molecule has 0 atom stereocenters. The molecule has 0 unspecified atom stereocenters. The number of aromatic nitrogens is 2. The summed E-state index contributed by atoms with van der Waals surface area (Å²) < 4.78 is 18.7. The van der Waals surface area contributed by atoms with Crippen molar-refractivity contribution in [3.8, 4) is 5.75 Å². The summed E-state index contributed by atoms with van der Waals surface area (Å²) in [4.78, 5) is 22.2. The van der Waals surface area contributed by atoms with Crippen molar-refractivity contribution in [1.29, 1.82) is 0 Å². The Kier molecular flexibility index (Phi) is 5.20. The molecule has 0 aliphatic rings. The molecule has 2 aromatic heterocycles. The highest BCUT2D eigenvalue weighted by molar-refractivity contribution is 7.21. The number of ether oxygens (including phenoxy) is 1. The first-order valence-corrected chi connectivity index (χ1v) is 9.79. The number of anilines is 4. The van der Waals surface area contributed by atoms with Crippen LogP contribution in [0.25, 0.3) is 10.2 Å². The third-order valence-corrected chi connectivity index (χ3v) is 5.61. The van der Waals surface area contributed by atoms with Crippen LogP contribution in [0.15, 0.2) is 48.8 Å². The number of methoxy groups -OCH3 is 1. The summed E-state index contributed by atoms with van der Waals surface area (Å²) in [5.41, 5.74) is 8.35. The van der Waals surface area contributed by atoms with Crippen molar-refractivity contribution in [2.24, 2.45) is 0 Å². The molecule has 4 rings (SSSR count). The lowest BCUT2D eigenvalue weighted by Crippen LogP contribution is -2.12. The smallest absolute Gasteiger partial charge is 0.267 e. The number of thiophene rings is 1. The minimum atomic E-state index is -0.343. The summed E-state index contributed by atoms with van der Waals surface area (Å²) in [5.74, 6) is 0.504. The number of hydrogen-bond acceptors (Lipinski definition) is 7. The molecule has 0 radical (unpaired) electrons. The van der Waals surface area contributed by atoms with Crippen LogP contribution in [0.3, 0.4) is 0 Å². The molecule has 0 spiro atoms. The second kappa shape index (κ2) is 7.96. The zero-order valence-corrected chi connectivity index (χ0v) is 17.0. The fraction of sp³-hybridized carbons (Fsp3) is 0.0952. The van der Waals surface area contributed by atoms with Crippen LogP contribution in [0.4, 0.5) is 27.3 Å². The topological polar surface area (TPSA) is 102 Å². The van der Waals surface area contributed by atoms with E-state index in [1.165, 1.54) is 23.7 Å². The molecular formula is C21H18FN5O2S. The van der Waals surface area contributed by atoms with Gasteiger partial charge < -0.3 is 21.1 Å². The van der Waals surface area contributed by atoms with Crippen LogP contribution in [0.1, 0.15) is 15.2 Å². The monoisotopic (exact) mass is 423 g/mol. The van der Waals surface area contributed by atoms with Gasteiger partial charge in [-0.3, -0.25) is 4.79 Å². The highest BCUT2D eigenvalue weighted by atomic mass is 32.1. The normalized spacial score (nSPS) is 10.8. The molecule has 2 aromatic carbocycles. The largest absolute Gasteiger partial charge is 0.497 e. The number of carbonyl (C=O) groups excluding carboxylic acids is 1. The molecule has 7 nitrogen and oxygen atoms in total. The maximum atomic E-state index is 13.5. The summed E-state index contributed by atoms with van der Waals surface area (Å²) >= 11 is 1.18. The van der Waals surface area contributed by atoms with Gasteiger partial charge in [0, 0.05) is 11.4 Å². The number of hydrogen-bond donors (Lipinski definition) is 3. The van der Waals surface area contributed by atoms with Crippen LogP contribution in [0.5, 0.6) is 5.75 Å². The van der Waals surface area contributed by atoms with E-state index >= 15 is 0 Å². The first kappa shape index (κ1) is 19.6. The quantitative estimate of drug-likeness (QED) is 0.429. The Bertz CT molecular complexity index is 1240. The van der Waals surface area contributed by atoms with Gasteiger partial charge in [-0.25, -0.2) is 14.4 Å². The Labute approximate surface area is 175 Å². The molecular weight excluding hydrogens is 405 g/mol. The molecule has 9 heteroatoms. The van der Waals surface area contributed by atoms with E-state index in [1.54, 1.807) is 50.4 Å². The number of nitrogen functional groups attached to an aromatic ring is 1. The molecule has 0 aliphatic heterocycles. The third kappa shape index (κ3) is 3.74. The fourth-order valence-electron chi connectivity index (χ4n) is 2.94. The van der Waals surface area contributed by atoms with Crippen LogP contribution in [0, 0.1) is 12.7 Å². The van der Waals surface area contributed by atoms with Crippen LogP contribution in [-0.2, 0) is 0 Å². The molecule has 2 heterocycles. The Balaban J connectivity index is 1.65. The van der Waals surface area contributed by atoms with Gasteiger partial charge in [-0.15, -0.1) is 11.3 Å². The number of halogens is 1. The minimum absolute atomic E-state index is 0.281. The lowest BCUT2D eigenvalue weighted by Gasteiger charge is -2.08. The van der Waals surface area contributed by atoms with Gasteiger partial charge in [0.25, 0.3) is 5.91 Å². The van der Waals surface area contributed by atoms with Crippen molar-refractivity contribution >= 4 is 50.3 Å². The maximum Gasteiger partial charge on any atom is 0.267 e. The molecule has 30 heavy (non-hydrogen) atoms. The standard InChI is InChI=1S/C21H18FN5O2S/c1-11-9-13(5-8-15(11)22)26-19-16-17(23)18(30-21(16)25-10-24-19)20(28)27-12-3-6-14(29-2)7-4-12/h3-10H,23H2,1-2H3,(H,27,28)(H,24,25,26). The van der Waals surface area contributed by atoms with Crippen molar-refractivity contribution < 1.29 is 13.9 Å². The van der Waals surface area contributed by atoms with Gasteiger partial charge >= 0.3 is 0 Å². The van der Waals surface area contributed by atoms with E-state index in [0.717, 1.165) is 0 Å². The molecule has 4 aromatic rings. The lowest BCUT2D eigenvalue weighted by atomic mass is 10.2. The van der Waals surface area contributed by atoms with Gasteiger partial charge in [-0.2, -0.15) is 0 Å². The second-order valence-corrected chi connectivity index (χ2v) is 7.52. The number of nitrogens with two attached hydrogens (primary N) is 1.